The average molecular weight is 329 g/mol. The number of ketones is 1. The van der Waals surface area contributed by atoms with Gasteiger partial charge in [0.1, 0.15) is 0 Å². The van der Waals surface area contributed by atoms with Gasteiger partial charge in [-0.1, -0.05) is 23.2 Å². The quantitative estimate of drug-likeness (QED) is 0.786. The number of thiophene rings is 1. The fraction of sp³-hybridized carbons (Fsp3) is 0.214. The number of ether oxygens (including phenoxy) is 2. The molecule has 0 aliphatic carbocycles. The molecule has 0 bridgehead atoms. The third-order valence-corrected chi connectivity index (χ3v) is 4.73. The summed E-state index contributed by atoms with van der Waals surface area (Å²) in [4.78, 5) is 13.9. The van der Waals surface area contributed by atoms with Gasteiger partial charge in [-0.05, 0) is 30.3 Å². The summed E-state index contributed by atoms with van der Waals surface area (Å²) < 4.78 is 10.8. The molecule has 0 radical (unpaired) electrons. The minimum atomic E-state index is -0.352. The Balaban J connectivity index is 1.84. The molecule has 1 aromatic heterocycles. The van der Waals surface area contributed by atoms with Crippen molar-refractivity contribution < 1.29 is 14.3 Å². The van der Waals surface area contributed by atoms with Gasteiger partial charge in [-0.2, -0.15) is 0 Å². The first-order valence-corrected chi connectivity index (χ1v) is 7.55. The second-order valence-corrected chi connectivity index (χ2v) is 6.16. The summed E-state index contributed by atoms with van der Waals surface area (Å²) in [5.41, 5.74) is 0.515. The summed E-state index contributed by atoms with van der Waals surface area (Å²) in [6.45, 7) is 1.16. The van der Waals surface area contributed by atoms with Gasteiger partial charge >= 0.3 is 0 Å². The maximum absolute atomic E-state index is 12.4. The van der Waals surface area contributed by atoms with E-state index in [2.05, 4.69) is 0 Å². The molecule has 0 amide bonds. The molecule has 1 aliphatic rings. The van der Waals surface area contributed by atoms with E-state index in [0.29, 0.717) is 33.7 Å². The van der Waals surface area contributed by atoms with Crippen molar-refractivity contribution in [1.82, 2.24) is 0 Å². The van der Waals surface area contributed by atoms with Crippen molar-refractivity contribution in [2.45, 2.75) is 6.29 Å². The molecule has 0 saturated carbocycles. The highest BCUT2D eigenvalue weighted by atomic mass is 35.5. The van der Waals surface area contributed by atoms with Crippen LogP contribution in [0.3, 0.4) is 0 Å². The summed E-state index contributed by atoms with van der Waals surface area (Å²) in [6, 6.07) is 8.49. The molecule has 1 fully saturated rings. The lowest BCUT2D eigenvalue weighted by molar-refractivity contribution is -0.0413. The van der Waals surface area contributed by atoms with Crippen molar-refractivity contribution in [3.8, 4) is 0 Å². The molecule has 1 aromatic carbocycles. The van der Waals surface area contributed by atoms with E-state index >= 15 is 0 Å². The average Bonchev–Trinajstić information content (AvgIpc) is 3.11. The maximum Gasteiger partial charge on any atom is 0.203 e. The van der Waals surface area contributed by atoms with Crippen LogP contribution in [-0.4, -0.2) is 19.0 Å². The summed E-state index contributed by atoms with van der Waals surface area (Å²) in [5, 5.41) is 0.805. The fourth-order valence-electron chi connectivity index (χ4n) is 1.90. The van der Waals surface area contributed by atoms with Gasteiger partial charge in [0.2, 0.25) is 5.78 Å². The Hall–Kier alpha value is -0.910. The van der Waals surface area contributed by atoms with Crippen molar-refractivity contribution in [2.75, 3.05) is 13.2 Å². The topological polar surface area (TPSA) is 35.5 Å². The molecular weight excluding hydrogens is 319 g/mol. The second-order valence-electron chi connectivity index (χ2n) is 4.23. The smallest absolute Gasteiger partial charge is 0.203 e. The van der Waals surface area contributed by atoms with Crippen molar-refractivity contribution in [1.29, 1.82) is 0 Å². The normalized spacial score (nSPS) is 15.7. The van der Waals surface area contributed by atoms with Crippen LogP contribution in [0.5, 0.6) is 0 Å². The number of halogens is 2. The molecular formula is C14H10Cl2O3S. The summed E-state index contributed by atoms with van der Waals surface area (Å²) in [7, 11) is 0. The second kappa shape index (κ2) is 5.84. The lowest BCUT2D eigenvalue weighted by atomic mass is 10.1. The third-order valence-electron chi connectivity index (χ3n) is 2.89. The zero-order chi connectivity index (χ0) is 14.1. The number of benzene rings is 1. The molecule has 6 heteroatoms. The zero-order valence-corrected chi connectivity index (χ0v) is 12.6. The van der Waals surface area contributed by atoms with E-state index in [1.54, 1.807) is 24.3 Å². The van der Waals surface area contributed by atoms with Gasteiger partial charge in [-0.3, -0.25) is 4.79 Å². The van der Waals surface area contributed by atoms with E-state index in [1.807, 2.05) is 6.07 Å². The summed E-state index contributed by atoms with van der Waals surface area (Å²) >= 11 is 13.1. The van der Waals surface area contributed by atoms with Gasteiger partial charge in [-0.25, -0.2) is 0 Å². The lowest BCUT2D eigenvalue weighted by Crippen LogP contribution is -1.98. The van der Waals surface area contributed by atoms with Gasteiger partial charge in [0.25, 0.3) is 0 Å². The molecule has 1 aliphatic heterocycles. The van der Waals surface area contributed by atoms with Gasteiger partial charge in [-0.15, -0.1) is 11.3 Å². The van der Waals surface area contributed by atoms with Crippen LogP contribution < -0.4 is 0 Å². The molecule has 0 spiro atoms. The van der Waals surface area contributed by atoms with E-state index in [9.17, 15) is 4.79 Å². The van der Waals surface area contributed by atoms with Gasteiger partial charge in [0.05, 0.1) is 33.0 Å². The Kier molecular flexibility index (Phi) is 4.10. The molecule has 0 unspecified atom stereocenters. The predicted octanol–water partition coefficient (Wildman–Crippen LogP) is 4.33. The molecule has 104 valence electrons. The zero-order valence-electron chi connectivity index (χ0n) is 10.3. The Morgan fingerprint density at radius 3 is 2.55 bits per heavy atom. The van der Waals surface area contributed by atoms with Gasteiger partial charge in [0, 0.05) is 5.56 Å². The SMILES string of the molecule is O=C(c1ccc(Cl)c(Cl)c1)c1ccc(C2OCCO2)s1. The van der Waals surface area contributed by atoms with Crippen LogP contribution in [-0.2, 0) is 9.47 Å². The van der Waals surface area contributed by atoms with E-state index in [0.717, 1.165) is 4.88 Å². The van der Waals surface area contributed by atoms with Crippen LogP contribution in [0.4, 0.5) is 0 Å². The van der Waals surface area contributed by atoms with E-state index in [-0.39, 0.29) is 12.1 Å². The molecule has 3 rings (SSSR count). The minimum Gasteiger partial charge on any atom is -0.345 e. The largest absolute Gasteiger partial charge is 0.345 e. The Morgan fingerprint density at radius 2 is 1.85 bits per heavy atom. The minimum absolute atomic E-state index is 0.0854. The predicted molar refractivity (Wildman–Crippen MR) is 78.9 cm³/mol. The van der Waals surface area contributed by atoms with Crippen LogP contribution in [0.25, 0.3) is 0 Å². The Bertz CT molecular complexity index is 648. The highest BCUT2D eigenvalue weighted by molar-refractivity contribution is 7.14. The Morgan fingerprint density at radius 1 is 1.10 bits per heavy atom. The molecule has 0 atom stereocenters. The number of carbonyl (C=O) groups excluding carboxylic acids is 1. The van der Waals surface area contributed by atoms with Crippen LogP contribution >= 0.6 is 34.5 Å². The van der Waals surface area contributed by atoms with Crippen LogP contribution in [0, 0.1) is 0 Å². The molecule has 3 nitrogen and oxygen atoms in total. The molecule has 1 saturated heterocycles. The monoisotopic (exact) mass is 328 g/mol. The number of hydrogen-bond acceptors (Lipinski definition) is 4. The summed E-state index contributed by atoms with van der Waals surface area (Å²) in [6.07, 6.45) is -0.352. The first kappa shape index (κ1) is 14.0. The van der Waals surface area contributed by atoms with Crippen molar-refractivity contribution in [2.24, 2.45) is 0 Å². The molecule has 0 N–H and O–H groups in total. The standard InChI is InChI=1S/C14H10Cl2O3S/c15-9-2-1-8(7-10(9)16)13(17)11-3-4-12(20-11)14-18-5-6-19-14/h1-4,7,14H,5-6H2. The first-order valence-electron chi connectivity index (χ1n) is 5.98. The highest BCUT2D eigenvalue weighted by Gasteiger charge is 2.22. The van der Waals surface area contributed by atoms with Crippen molar-refractivity contribution >= 4 is 40.3 Å². The number of rotatable bonds is 3. The van der Waals surface area contributed by atoms with E-state index < -0.39 is 0 Å². The molecule has 2 heterocycles. The summed E-state index contributed by atoms with van der Waals surface area (Å²) in [5.74, 6) is -0.0854. The number of carbonyl (C=O) groups is 1. The third kappa shape index (κ3) is 2.75. The van der Waals surface area contributed by atoms with Gasteiger partial charge in [0.15, 0.2) is 6.29 Å². The maximum atomic E-state index is 12.4. The van der Waals surface area contributed by atoms with E-state index in [4.69, 9.17) is 32.7 Å². The van der Waals surface area contributed by atoms with Crippen LogP contribution in [0.15, 0.2) is 30.3 Å². The lowest BCUT2D eigenvalue weighted by Gasteiger charge is -2.04. The van der Waals surface area contributed by atoms with Gasteiger partial charge < -0.3 is 9.47 Å². The fourth-order valence-corrected chi connectivity index (χ4v) is 3.17. The first-order chi connectivity index (χ1) is 9.65. The number of hydrogen-bond donors (Lipinski definition) is 0. The van der Waals surface area contributed by atoms with E-state index in [1.165, 1.54) is 11.3 Å². The van der Waals surface area contributed by atoms with Crippen molar-refractivity contribution in [3.05, 3.63) is 55.7 Å². The van der Waals surface area contributed by atoms with Crippen molar-refractivity contribution in [3.63, 3.8) is 0 Å². The molecule has 20 heavy (non-hydrogen) atoms. The molecule has 2 aromatic rings. The van der Waals surface area contributed by atoms with Crippen LogP contribution in [0.2, 0.25) is 10.0 Å². The highest BCUT2D eigenvalue weighted by Crippen LogP contribution is 2.31. The Labute approximate surface area is 130 Å². The van der Waals surface area contributed by atoms with Crippen LogP contribution in [0.1, 0.15) is 26.4 Å².